The van der Waals surface area contributed by atoms with Gasteiger partial charge in [-0.3, -0.25) is 9.59 Å². The Labute approximate surface area is 198 Å². The summed E-state index contributed by atoms with van der Waals surface area (Å²) >= 11 is 3.16. The normalized spacial score (nSPS) is 18.0. The van der Waals surface area contributed by atoms with Crippen molar-refractivity contribution in [1.29, 1.82) is 0 Å². The minimum atomic E-state index is -0.586. The summed E-state index contributed by atoms with van der Waals surface area (Å²) in [6.07, 6.45) is 2.01. The third kappa shape index (κ3) is 4.46. The summed E-state index contributed by atoms with van der Waals surface area (Å²) in [6, 6.07) is 14.4. The lowest BCUT2D eigenvalue weighted by Gasteiger charge is -2.20. The van der Waals surface area contributed by atoms with Crippen molar-refractivity contribution in [3.8, 4) is 0 Å². The number of nitrogens with zero attached hydrogens (tertiary/aromatic N) is 3. The van der Waals surface area contributed by atoms with Crippen LogP contribution in [0.3, 0.4) is 0 Å². The number of esters is 1. The van der Waals surface area contributed by atoms with Gasteiger partial charge in [0.15, 0.2) is 6.61 Å². The molecule has 0 N–H and O–H groups in total. The lowest BCUT2D eigenvalue weighted by molar-refractivity contribution is -0.136. The van der Waals surface area contributed by atoms with Crippen molar-refractivity contribution in [2.24, 2.45) is 5.10 Å². The van der Waals surface area contributed by atoms with Crippen LogP contribution in [0, 0.1) is 0 Å². The highest BCUT2D eigenvalue weighted by atomic mass is 32.1. The van der Waals surface area contributed by atoms with Crippen molar-refractivity contribution in [2.45, 2.75) is 25.3 Å². The Morgan fingerprint density at radius 1 is 1.06 bits per heavy atom. The fourth-order valence-electron chi connectivity index (χ4n) is 4.01. The largest absolute Gasteiger partial charge is 0.452 e. The maximum absolute atomic E-state index is 13.0. The molecule has 2 aromatic heterocycles. The topological polar surface area (TPSA) is 79.3 Å². The second-order valence-electron chi connectivity index (χ2n) is 7.77. The summed E-state index contributed by atoms with van der Waals surface area (Å²) in [6.45, 7) is 0.292. The van der Waals surface area contributed by atoms with Crippen LogP contribution in [0.4, 0.5) is 5.69 Å². The molecule has 0 aliphatic carbocycles. The van der Waals surface area contributed by atoms with Gasteiger partial charge >= 0.3 is 5.97 Å². The highest BCUT2D eigenvalue weighted by Gasteiger charge is 2.34. The molecule has 1 aromatic carbocycles. The van der Waals surface area contributed by atoms with Gasteiger partial charge in [0.05, 0.1) is 22.2 Å². The molecular formula is C24H21N3O4S2. The first-order chi connectivity index (χ1) is 16.1. The molecule has 2 aliphatic heterocycles. The first-order valence-corrected chi connectivity index (χ1v) is 12.4. The zero-order valence-corrected chi connectivity index (χ0v) is 19.3. The van der Waals surface area contributed by atoms with Gasteiger partial charge in [0.25, 0.3) is 5.91 Å². The van der Waals surface area contributed by atoms with Gasteiger partial charge in [-0.15, -0.1) is 22.7 Å². The number of hydrogen-bond donors (Lipinski definition) is 0. The minimum absolute atomic E-state index is 0.0873. The molecule has 0 bridgehead atoms. The zero-order valence-electron chi connectivity index (χ0n) is 17.7. The highest BCUT2D eigenvalue weighted by molar-refractivity contribution is 7.12. The molecular weight excluding hydrogens is 458 g/mol. The van der Waals surface area contributed by atoms with E-state index in [4.69, 9.17) is 4.74 Å². The third-order valence-electron chi connectivity index (χ3n) is 5.66. The van der Waals surface area contributed by atoms with Crippen LogP contribution in [0.15, 0.2) is 64.4 Å². The molecule has 168 valence electrons. The van der Waals surface area contributed by atoms with Crippen molar-refractivity contribution in [1.82, 2.24) is 5.01 Å². The quantitative estimate of drug-likeness (QED) is 0.489. The lowest BCUT2D eigenvalue weighted by atomic mass is 10.1. The summed E-state index contributed by atoms with van der Waals surface area (Å²) in [7, 11) is 0. The molecule has 1 fully saturated rings. The molecule has 33 heavy (non-hydrogen) atoms. The third-order valence-corrected chi connectivity index (χ3v) is 7.55. The van der Waals surface area contributed by atoms with Crippen LogP contribution in [0.25, 0.3) is 0 Å². The summed E-state index contributed by atoms with van der Waals surface area (Å²) in [4.78, 5) is 41.2. The van der Waals surface area contributed by atoms with Crippen molar-refractivity contribution < 1.29 is 19.1 Å². The number of amides is 2. The molecule has 0 saturated carbocycles. The molecule has 0 radical (unpaired) electrons. The van der Waals surface area contributed by atoms with E-state index in [0.717, 1.165) is 27.6 Å². The zero-order chi connectivity index (χ0) is 22.8. The number of ether oxygens (including phenoxy) is 1. The fraction of sp³-hybridized carbons (Fsp3) is 0.250. The number of carbonyl (C=O) groups is 3. The van der Waals surface area contributed by atoms with Gasteiger partial charge < -0.3 is 9.64 Å². The van der Waals surface area contributed by atoms with Crippen LogP contribution in [0.2, 0.25) is 0 Å². The summed E-state index contributed by atoms with van der Waals surface area (Å²) in [5, 5.41) is 9.96. The monoisotopic (exact) mass is 479 g/mol. The fourth-order valence-corrected chi connectivity index (χ4v) is 5.54. The number of benzene rings is 1. The molecule has 0 spiro atoms. The number of thiophene rings is 2. The van der Waals surface area contributed by atoms with E-state index < -0.39 is 12.6 Å². The molecule has 7 nitrogen and oxygen atoms in total. The second-order valence-corrected chi connectivity index (χ2v) is 9.70. The maximum atomic E-state index is 13.0. The first-order valence-electron chi connectivity index (χ1n) is 10.6. The van der Waals surface area contributed by atoms with Crippen LogP contribution in [0.5, 0.6) is 0 Å². The molecule has 5 rings (SSSR count). The van der Waals surface area contributed by atoms with Crippen LogP contribution in [-0.4, -0.2) is 41.7 Å². The van der Waals surface area contributed by atoms with Crippen molar-refractivity contribution in [2.75, 3.05) is 18.1 Å². The van der Waals surface area contributed by atoms with Crippen LogP contribution in [-0.2, 0) is 14.3 Å². The predicted molar refractivity (Wildman–Crippen MR) is 128 cm³/mol. The number of carbonyl (C=O) groups excluding carboxylic acids is 3. The van der Waals surface area contributed by atoms with Crippen molar-refractivity contribution in [3.05, 3.63) is 74.6 Å². The van der Waals surface area contributed by atoms with Gasteiger partial charge in [0, 0.05) is 30.0 Å². The van der Waals surface area contributed by atoms with Crippen LogP contribution in [0.1, 0.15) is 45.4 Å². The van der Waals surface area contributed by atoms with E-state index in [2.05, 4.69) is 5.10 Å². The Bertz CT molecular complexity index is 1190. The van der Waals surface area contributed by atoms with Gasteiger partial charge in [-0.05, 0) is 53.6 Å². The van der Waals surface area contributed by atoms with E-state index in [0.29, 0.717) is 24.9 Å². The van der Waals surface area contributed by atoms with Gasteiger partial charge in [0.1, 0.15) is 0 Å². The van der Waals surface area contributed by atoms with Crippen molar-refractivity contribution in [3.63, 3.8) is 0 Å². The minimum Gasteiger partial charge on any atom is -0.452 e. The van der Waals surface area contributed by atoms with E-state index >= 15 is 0 Å². The molecule has 1 unspecified atom stereocenters. The average molecular weight is 480 g/mol. The maximum Gasteiger partial charge on any atom is 0.338 e. The Kier molecular flexibility index (Phi) is 6.06. The Morgan fingerprint density at radius 2 is 1.85 bits per heavy atom. The van der Waals surface area contributed by atoms with E-state index in [9.17, 15) is 14.4 Å². The summed E-state index contributed by atoms with van der Waals surface area (Å²) < 4.78 is 5.31. The molecule has 2 aliphatic rings. The van der Waals surface area contributed by atoms with E-state index in [1.54, 1.807) is 51.8 Å². The number of hydrogen-bond acceptors (Lipinski definition) is 7. The lowest BCUT2D eigenvalue weighted by Crippen LogP contribution is -2.31. The predicted octanol–water partition coefficient (Wildman–Crippen LogP) is 4.47. The Hall–Kier alpha value is -3.30. The van der Waals surface area contributed by atoms with Crippen molar-refractivity contribution >= 4 is 51.9 Å². The number of rotatable bonds is 6. The Morgan fingerprint density at radius 3 is 2.52 bits per heavy atom. The highest BCUT2D eigenvalue weighted by Crippen LogP contribution is 2.36. The molecule has 1 saturated heterocycles. The van der Waals surface area contributed by atoms with E-state index in [1.165, 1.54) is 5.01 Å². The second kappa shape index (κ2) is 9.29. The molecule has 3 aromatic rings. The van der Waals surface area contributed by atoms with E-state index in [1.807, 2.05) is 35.0 Å². The summed E-state index contributed by atoms with van der Waals surface area (Å²) in [5.41, 5.74) is 1.95. The van der Waals surface area contributed by atoms with Gasteiger partial charge in [0.2, 0.25) is 5.91 Å². The summed E-state index contributed by atoms with van der Waals surface area (Å²) in [5.74, 6) is -0.867. The number of hydrazone groups is 1. The Balaban J connectivity index is 1.25. The molecule has 1 atom stereocenters. The van der Waals surface area contributed by atoms with Crippen LogP contribution < -0.4 is 4.90 Å². The van der Waals surface area contributed by atoms with Gasteiger partial charge in [-0.2, -0.15) is 5.10 Å². The van der Waals surface area contributed by atoms with Gasteiger partial charge in [-0.1, -0.05) is 12.1 Å². The smallest absolute Gasteiger partial charge is 0.338 e. The molecule has 2 amide bonds. The molecule has 9 heteroatoms. The molecule has 4 heterocycles. The SMILES string of the molecule is O=C(OCC(=O)N1N=C(c2cccs2)CC1c1cccs1)c1ccc(N2CCCC2=O)cc1. The number of anilines is 1. The standard InChI is InChI=1S/C24H21N3O4S2/c28-22-6-1-11-26(22)17-9-7-16(8-10-17)24(30)31-15-23(29)27-19(21-5-3-13-33-21)14-18(25-27)20-4-2-12-32-20/h2-5,7-10,12-13,19H,1,6,11,14-15H2. The average Bonchev–Trinajstić information content (AvgIpc) is 3.62. The van der Waals surface area contributed by atoms with Crippen LogP contribution >= 0.6 is 22.7 Å². The van der Waals surface area contributed by atoms with E-state index in [-0.39, 0.29) is 17.9 Å². The van der Waals surface area contributed by atoms with Gasteiger partial charge in [-0.25, -0.2) is 9.80 Å². The first kappa shape index (κ1) is 21.5.